The van der Waals surface area contributed by atoms with E-state index in [1.54, 1.807) is 0 Å². The van der Waals surface area contributed by atoms with Gasteiger partial charge in [0, 0.05) is 42.2 Å². The number of aryl methyl sites for hydroxylation is 1. The molecule has 1 aliphatic rings. The fourth-order valence-corrected chi connectivity index (χ4v) is 4.93. The van der Waals surface area contributed by atoms with Crippen LogP contribution in [0.3, 0.4) is 0 Å². The summed E-state index contributed by atoms with van der Waals surface area (Å²) in [4.78, 5) is 13.0. The maximum absolute atomic E-state index is 13.0. The molecule has 0 bridgehead atoms. The SMILES string of the molecule is CCn1c(SCC(=O)c2cc(C)n(CC3CCCO3)c2C)nnc1-c1ccccc1. The van der Waals surface area contributed by atoms with Crippen molar-refractivity contribution in [3.63, 3.8) is 0 Å². The molecule has 6 nitrogen and oxygen atoms in total. The highest BCUT2D eigenvalue weighted by molar-refractivity contribution is 7.99. The first-order chi connectivity index (χ1) is 14.6. The van der Waals surface area contributed by atoms with Crippen LogP contribution in [0.4, 0.5) is 0 Å². The van der Waals surface area contributed by atoms with E-state index in [2.05, 4.69) is 33.2 Å². The van der Waals surface area contributed by atoms with Gasteiger partial charge in [0.1, 0.15) is 0 Å². The fourth-order valence-electron chi connectivity index (χ4n) is 4.05. The maximum Gasteiger partial charge on any atom is 0.191 e. The molecule has 3 heterocycles. The number of benzene rings is 1. The number of thioether (sulfide) groups is 1. The molecule has 0 amide bonds. The predicted molar refractivity (Wildman–Crippen MR) is 119 cm³/mol. The van der Waals surface area contributed by atoms with Crippen LogP contribution in [0.5, 0.6) is 0 Å². The summed E-state index contributed by atoms with van der Waals surface area (Å²) >= 11 is 1.45. The Morgan fingerprint density at radius 3 is 2.70 bits per heavy atom. The number of carbonyl (C=O) groups excluding carboxylic acids is 1. The molecule has 1 saturated heterocycles. The second-order valence-electron chi connectivity index (χ2n) is 7.66. The van der Waals surface area contributed by atoms with E-state index >= 15 is 0 Å². The van der Waals surface area contributed by atoms with Gasteiger partial charge in [-0.25, -0.2) is 0 Å². The summed E-state index contributed by atoms with van der Waals surface area (Å²) in [6, 6.07) is 12.0. The first kappa shape index (κ1) is 20.9. The van der Waals surface area contributed by atoms with Crippen molar-refractivity contribution in [2.75, 3.05) is 12.4 Å². The van der Waals surface area contributed by atoms with Crippen LogP contribution in [0.15, 0.2) is 41.6 Å². The van der Waals surface area contributed by atoms with E-state index in [1.807, 2.05) is 43.3 Å². The summed E-state index contributed by atoms with van der Waals surface area (Å²) in [7, 11) is 0. The number of ether oxygens (including phenoxy) is 1. The highest BCUT2D eigenvalue weighted by atomic mass is 32.2. The van der Waals surface area contributed by atoms with Crippen LogP contribution in [0.25, 0.3) is 11.4 Å². The number of carbonyl (C=O) groups is 1. The Balaban J connectivity index is 1.47. The molecule has 7 heteroatoms. The van der Waals surface area contributed by atoms with Crippen molar-refractivity contribution in [3.05, 3.63) is 53.3 Å². The number of rotatable bonds is 8. The van der Waals surface area contributed by atoms with Crippen molar-refractivity contribution < 1.29 is 9.53 Å². The van der Waals surface area contributed by atoms with E-state index in [0.29, 0.717) is 5.75 Å². The van der Waals surface area contributed by atoms with Gasteiger partial charge in [0.15, 0.2) is 16.8 Å². The second kappa shape index (κ2) is 9.18. The van der Waals surface area contributed by atoms with Crippen LogP contribution in [-0.2, 0) is 17.8 Å². The molecular formula is C23H28N4O2S. The Labute approximate surface area is 181 Å². The van der Waals surface area contributed by atoms with Crippen molar-refractivity contribution in [2.24, 2.45) is 0 Å². The van der Waals surface area contributed by atoms with E-state index in [-0.39, 0.29) is 11.9 Å². The van der Waals surface area contributed by atoms with E-state index in [0.717, 1.165) is 66.0 Å². The van der Waals surface area contributed by atoms with E-state index in [9.17, 15) is 4.79 Å². The average Bonchev–Trinajstić information content (AvgIpc) is 3.48. The summed E-state index contributed by atoms with van der Waals surface area (Å²) in [6.07, 6.45) is 2.47. The van der Waals surface area contributed by atoms with Crippen LogP contribution >= 0.6 is 11.8 Å². The summed E-state index contributed by atoms with van der Waals surface area (Å²) in [5, 5.41) is 9.48. The molecule has 1 unspecified atom stereocenters. The largest absolute Gasteiger partial charge is 0.376 e. The Morgan fingerprint density at radius 1 is 1.20 bits per heavy atom. The van der Waals surface area contributed by atoms with E-state index in [1.165, 1.54) is 11.8 Å². The Bertz CT molecular complexity index is 1020. The molecule has 30 heavy (non-hydrogen) atoms. The number of hydrogen-bond donors (Lipinski definition) is 0. The quantitative estimate of drug-likeness (QED) is 0.392. The van der Waals surface area contributed by atoms with Crippen LogP contribution in [0, 0.1) is 13.8 Å². The van der Waals surface area contributed by atoms with Crippen molar-refractivity contribution in [1.82, 2.24) is 19.3 Å². The number of hydrogen-bond acceptors (Lipinski definition) is 5. The Morgan fingerprint density at radius 2 is 2.00 bits per heavy atom. The first-order valence-electron chi connectivity index (χ1n) is 10.5. The zero-order valence-electron chi connectivity index (χ0n) is 17.8. The zero-order valence-corrected chi connectivity index (χ0v) is 18.6. The molecule has 3 aromatic rings. The molecule has 158 valence electrons. The lowest BCUT2D eigenvalue weighted by molar-refractivity contribution is 0.0957. The summed E-state index contributed by atoms with van der Waals surface area (Å²) in [5.41, 5.74) is 3.96. The van der Waals surface area contributed by atoms with Gasteiger partial charge in [-0.1, -0.05) is 42.1 Å². The van der Waals surface area contributed by atoms with Gasteiger partial charge in [-0.05, 0) is 39.7 Å². The van der Waals surface area contributed by atoms with Gasteiger partial charge < -0.3 is 13.9 Å². The first-order valence-corrected chi connectivity index (χ1v) is 11.5. The summed E-state index contributed by atoms with van der Waals surface area (Å²) in [6.45, 7) is 8.58. The lowest BCUT2D eigenvalue weighted by atomic mass is 10.2. The molecule has 0 N–H and O–H groups in total. The molecule has 1 atom stereocenters. The van der Waals surface area contributed by atoms with Crippen molar-refractivity contribution >= 4 is 17.5 Å². The summed E-state index contributed by atoms with van der Waals surface area (Å²) < 4.78 is 10.1. The molecular weight excluding hydrogens is 396 g/mol. The highest BCUT2D eigenvalue weighted by Gasteiger charge is 2.22. The number of aromatic nitrogens is 4. The maximum atomic E-state index is 13.0. The number of Topliss-reactive ketones (excluding diaryl/α,β-unsaturated/α-hetero) is 1. The molecule has 4 rings (SSSR count). The van der Waals surface area contributed by atoms with Crippen molar-refractivity contribution in [2.45, 2.75) is 58.0 Å². The molecule has 0 radical (unpaired) electrons. The minimum absolute atomic E-state index is 0.124. The number of ketones is 1. The van der Waals surface area contributed by atoms with Gasteiger partial charge in [-0.2, -0.15) is 0 Å². The van der Waals surface area contributed by atoms with Gasteiger partial charge in [0.2, 0.25) is 0 Å². The normalized spacial score (nSPS) is 16.3. The predicted octanol–water partition coefficient (Wildman–Crippen LogP) is 4.54. The molecule has 0 spiro atoms. The van der Waals surface area contributed by atoms with Crippen molar-refractivity contribution in [1.29, 1.82) is 0 Å². The highest BCUT2D eigenvalue weighted by Crippen LogP contribution is 2.26. The van der Waals surface area contributed by atoms with Crippen LogP contribution in [0.1, 0.15) is 41.5 Å². The zero-order chi connectivity index (χ0) is 21.1. The van der Waals surface area contributed by atoms with Gasteiger partial charge in [0.25, 0.3) is 0 Å². The van der Waals surface area contributed by atoms with Crippen LogP contribution in [0.2, 0.25) is 0 Å². The van der Waals surface area contributed by atoms with Crippen LogP contribution in [-0.4, -0.2) is 43.6 Å². The third-order valence-electron chi connectivity index (χ3n) is 5.68. The summed E-state index contributed by atoms with van der Waals surface area (Å²) in [5.74, 6) is 1.30. The van der Waals surface area contributed by atoms with E-state index in [4.69, 9.17) is 4.74 Å². The minimum atomic E-state index is 0.124. The van der Waals surface area contributed by atoms with Gasteiger partial charge >= 0.3 is 0 Å². The number of nitrogens with zero attached hydrogens (tertiary/aromatic N) is 4. The molecule has 0 aliphatic carbocycles. The average molecular weight is 425 g/mol. The third-order valence-corrected chi connectivity index (χ3v) is 6.65. The van der Waals surface area contributed by atoms with Crippen molar-refractivity contribution in [3.8, 4) is 11.4 Å². The second-order valence-corrected chi connectivity index (χ2v) is 8.60. The van der Waals surface area contributed by atoms with Gasteiger partial charge in [-0.15, -0.1) is 10.2 Å². The lowest BCUT2D eigenvalue weighted by Crippen LogP contribution is -2.17. The Hall–Kier alpha value is -2.38. The molecule has 0 saturated carbocycles. The van der Waals surface area contributed by atoms with Gasteiger partial charge in [-0.3, -0.25) is 4.79 Å². The standard InChI is InChI=1S/C23H28N4O2S/c1-4-26-22(18-9-6-5-7-10-18)24-25-23(26)30-15-21(28)20-13-16(2)27(17(20)3)14-19-11-8-12-29-19/h5-7,9-10,13,19H,4,8,11-12,14-15H2,1-3H3. The van der Waals surface area contributed by atoms with Gasteiger partial charge in [0.05, 0.1) is 11.9 Å². The third kappa shape index (κ3) is 4.23. The van der Waals surface area contributed by atoms with Crippen LogP contribution < -0.4 is 0 Å². The molecule has 1 aromatic carbocycles. The monoisotopic (exact) mass is 424 g/mol. The minimum Gasteiger partial charge on any atom is -0.376 e. The van der Waals surface area contributed by atoms with E-state index < -0.39 is 0 Å². The topological polar surface area (TPSA) is 61.9 Å². The smallest absolute Gasteiger partial charge is 0.191 e. The molecule has 2 aromatic heterocycles. The lowest BCUT2D eigenvalue weighted by Gasteiger charge is -2.14. The fraction of sp³-hybridized carbons (Fsp3) is 0.435. The Kier molecular flexibility index (Phi) is 6.39. The molecule has 1 fully saturated rings. The molecule has 1 aliphatic heterocycles.